The molecular weight excluding hydrogens is 330 g/mol. The number of nitro benzene ring substituents is 1. The maximum atomic E-state index is 12.0. The molecule has 0 bridgehead atoms. The van der Waals surface area contributed by atoms with Crippen LogP contribution in [0.3, 0.4) is 0 Å². The van der Waals surface area contributed by atoms with Gasteiger partial charge in [0.2, 0.25) is 0 Å². The maximum Gasteiger partial charge on any atom is 0.270 e. The van der Waals surface area contributed by atoms with Crippen molar-refractivity contribution in [3.05, 3.63) is 100 Å². The zero-order valence-electron chi connectivity index (χ0n) is 13.9. The van der Waals surface area contributed by atoms with Gasteiger partial charge in [-0.25, -0.2) is 0 Å². The van der Waals surface area contributed by atoms with Gasteiger partial charge in [-0.1, -0.05) is 60.3 Å². The van der Waals surface area contributed by atoms with Crippen molar-refractivity contribution in [2.75, 3.05) is 5.01 Å². The third kappa shape index (κ3) is 4.24. The molecule has 0 unspecified atom stereocenters. The van der Waals surface area contributed by atoms with Crippen LogP contribution in [0.4, 0.5) is 11.4 Å². The molecule has 0 aliphatic carbocycles. The molecule has 0 heterocycles. The SMILES string of the molecule is O=[N+]([O-])c1ccc([O-])c(/C=N\N(Cc2ccccc2)c2ccccc2)c1. The van der Waals surface area contributed by atoms with E-state index in [0.717, 1.165) is 11.3 Å². The fourth-order valence-corrected chi connectivity index (χ4v) is 2.44. The number of hydrazone groups is 1. The molecule has 0 fully saturated rings. The zero-order chi connectivity index (χ0) is 18.4. The van der Waals surface area contributed by atoms with Gasteiger partial charge in [0.15, 0.2) is 0 Å². The first kappa shape index (κ1) is 17.2. The number of hydrogen-bond acceptors (Lipinski definition) is 5. The lowest BCUT2D eigenvalue weighted by Gasteiger charge is -2.20. The largest absolute Gasteiger partial charge is 0.872 e. The Balaban J connectivity index is 1.92. The Kier molecular flexibility index (Phi) is 5.24. The second-order valence-corrected chi connectivity index (χ2v) is 5.60. The molecule has 0 saturated carbocycles. The molecule has 0 N–H and O–H groups in total. The molecule has 3 aromatic rings. The molecule has 3 rings (SSSR count). The van der Waals surface area contributed by atoms with Crippen LogP contribution in [-0.2, 0) is 6.54 Å². The van der Waals surface area contributed by atoms with E-state index in [0.29, 0.717) is 6.54 Å². The van der Waals surface area contributed by atoms with Gasteiger partial charge in [-0.3, -0.25) is 15.1 Å². The summed E-state index contributed by atoms with van der Waals surface area (Å²) in [6.45, 7) is 0.504. The predicted octanol–water partition coefficient (Wildman–Crippen LogP) is 3.71. The van der Waals surface area contributed by atoms with E-state index in [4.69, 9.17) is 0 Å². The summed E-state index contributed by atoms with van der Waals surface area (Å²) in [7, 11) is 0. The Labute approximate surface area is 150 Å². The molecule has 6 nitrogen and oxygen atoms in total. The van der Waals surface area contributed by atoms with Crippen LogP contribution < -0.4 is 10.1 Å². The van der Waals surface area contributed by atoms with Crippen molar-refractivity contribution in [2.45, 2.75) is 6.54 Å². The monoisotopic (exact) mass is 346 g/mol. The van der Waals surface area contributed by atoms with Gasteiger partial charge in [-0.2, -0.15) is 5.10 Å². The Morgan fingerprint density at radius 1 is 0.962 bits per heavy atom. The third-order valence-electron chi connectivity index (χ3n) is 3.77. The summed E-state index contributed by atoms with van der Waals surface area (Å²) in [5.74, 6) is -0.313. The number of non-ortho nitro benzene ring substituents is 1. The van der Waals surface area contributed by atoms with Crippen LogP contribution in [0.5, 0.6) is 5.75 Å². The Morgan fingerprint density at radius 2 is 1.62 bits per heavy atom. The fourth-order valence-electron chi connectivity index (χ4n) is 2.44. The first-order chi connectivity index (χ1) is 12.6. The Bertz CT molecular complexity index is 912. The minimum absolute atomic E-state index is 0.139. The second kappa shape index (κ2) is 7.94. The van der Waals surface area contributed by atoms with Gasteiger partial charge < -0.3 is 5.11 Å². The molecule has 3 aromatic carbocycles. The highest BCUT2D eigenvalue weighted by Gasteiger charge is 2.08. The van der Waals surface area contributed by atoms with Crippen molar-refractivity contribution in [1.29, 1.82) is 0 Å². The van der Waals surface area contributed by atoms with Crippen molar-refractivity contribution >= 4 is 17.6 Å². The number of anilines is 1. The number of hydrogen-bond donors (Lipinski definition) is 0. The van der Waals surface area contributed by atoms with Crippen molar-refractivity contribution in [3.8, 4) is 5.75 Å². The standard InChI is InChI=1S/C20H17N3O3/c24-20-12-11-19(23(25)26)13-17(20)14-21-22(18-9-5-2-6-10-18)15-16-7-3-1-4-8-16/h1-14,24H,15H2/p-1/b21-14-. The van der Waals surface area contributed by atoms with Crippen LogP contribution in [0, 0.1) is 10.1 Å². The molecule has 26 heavy (non-hydrogen) atoms. The lowest BCUT2D eigenvalue weighted by molar-refractivity contribution is -0.385. The van der Waals surface area contributed by atoms with Crippen LogP contribution in [-0.4, -0.2) is 11.1 Å². The van der Waals surface area contributed by atoms with E-state index in [9.17, 15) is 15.2 Å². The molecule has 0 aliphatic heterocycles. The highest BCUT2D eigenvalue weighted by Crippen LogP contribution is 2.21. The summed E-state index contributed by atoms with van der Waals surface area (Å²) in [5.41, 5.74) is 1.94. The van der Waals surface area contributed by atoms with E-state index in [1.165, 1.54) is 24.4 Å². The van der Waals surface area contributed by atoms with Crippen LogP contribution in [0.1, 0.15) is 11.1 Å². The van der Waals surface area contributed by atoms with Crippen molar-refractivity contribution in [3.63, 3.8) is 0 Å². The number of benzene rings is 3. The van der Waals surface area contributed by atoms with E-state index >= 15 is 0 Å². The summed E-state index contributed by atoms with van der Waals surface area (Å²) < 4.78 is 0. The number of para-hydroxylation sites is 1. The van der Waals surface area contributed by atoms with E-state index in [-0.39, 0.29) is 17.0 Å². The van der Waals surface area contributed by atoms with Gasteiger partial charge >= 0.3 is 0 Å². The van der Waals surface area contributed by atoms with Gasteiger partial charge in [0.1, 0.15) is 0 Å². The number of rotatable bonds is 6. The van der Waals surface area contributed by atoms with Gasteiger partial charge in [0.05, 0.1) is 23.4 Å². The molecule has 0 spiro atoms. The van der Waals surface area contributed by atoms with Crippen LogP contribution in [0.25, 0.3) is 0 Å². The lowest BCUT2D eigenvalue weighted by Crippen LogP contribution is -2.16. The highest BCUT2D eigenvalue weighted by atomic mass is 16.6. The predicted molar refractivity (Wildman–Crippen MR) is 99.2 cm³/mol. The van der Waals surface area contributed by atoms with E-state index in [1.54, 1.807) is 5.01 Å². The topological polar surface area (TPSA) is 81.8 Å². The third-order valence-corrected chi connectivity index (χ3v) is 3.77. The summed E-state index contributed by atoms with van der Waals surface area (Å²) >= 11 is 0. The van der Waals surface area contributed by atoms with E-state index < -0.39 is 4.92 Å². The Hall–Kier alpha value is -3.67. The zero-order valence-corrected chi connectivity index (χ0v) is 13.9. The average molecular weight is 346 g/mol. The van der Waals surface area contributed by atoms with Crippen LogP contribution >= 0.6 is 0 Å². The first-order valence-corrected chi connectivity index (χ1v) is 7.99. The summed E-state index contributed by atoms with van der Waals surface area (Å²) in [6, 6.07) is 22.9. The minimum atomic E-state index is -0.532. The van der Waals surface area contributed by atoms with E-state index in [1.807, 2.05) is 60.7 Å². The smallest absolute Gasteiger partial charge is 0.270 e. The van der Waals surface area contributed by atoms with Crippen molar-refractivity contribution in [1.82, 2.24) is 0 Å². The highest BCUT2D eigenvalue weighted by molar-refractivity contribution is 5.84. The average Bonchev–Trinajstić information content (AvgIpc) is 2.67. The molecule has 0 atom stereocenters. The van der Waals surface area contributed by atoms with Crippen molar-refractivity contribution < 1.29 is 10.0 Å². The molecule has 0 amide bonds. The first-order valence-electron chi connectivity index (χ1n) is 7.99. The molecule has 0 radical (unpaired) electrons. The van der Waals surface area contributed by atoms with E-state index in [2.05, 4.69) is 5.10 Å². The van der Waals surface area contributed by atoms with Crippen LogP contribution in [0.15, 0.2) is 84.0 Å². The molecule has 0 aromatic heterocycles. The lowest BCUT2D eigenvalue weighted by atomic mass is 10.2. The molecule has 0 aliphatic rings. The summed E-state index contributed by atoms with van der Waals surface area (Å²) in [6.07, 6.45) is 1.37. The molecule has 130 valence electrons. The summed E-state index contributed by atoms with van der Waals surface area (Å²) in [5, 5.41) is 29.0. The quantitative estimate of drug-likeness (QED) is 0.387. The number of nitro groups is 1. The summed E-state index contributed by atoms with van der Waals surface area (Å²) in [4.78, 5) is 10.4. The molecule has 6 heteroatoms. The van der Waals surface area contributed by atoms with Gasteiger partial charge in [0.25, 0.3) is 5.69 Å². The molecule has 0 saturated heterocycles. The number of nitrogens with zero attached hydrogens (tertiary/aromatic N) is 3. The fraction of sp³-hybridized carbons (Fsp3) is 0.0500. The van der Waals surface area contributed by atoms with Crippen molar-refractivity contribution in [2.24, 2.45) is 5.10 Å². The molecular formula is C20H16N3O3-. The Morgan fingerprint density at radius 3 is 2.27 bits per heavy atom. The normalized spacial score (nSPS) is 10.8. The minimum Gasteiger partial charge on any atom is -0.872 e. The van der Waals surface area contributed by atoms with Crippen LogP contribution in [0.2, 0.25) is 0 Å². The maximum absolute atomic E-state index is 12.0. The second-order valence-electron chi connectivity index (χ2n) is 5.60. The van der Waals surface area contributed by atoms with Gasteiger partial charge in [-0.05, 0) is 23.3 Å². The van der Waals surface area contributed by atoms with Gasteiger partial charge in [0, 0.05) is 12.1 Å². The van der Waals surface area contributed by atoms with Gasteiger partial charge in [-0.15, -0.1) is 0 Å².